The average molecular weight is 916 g/mol. The van der Waals surface area contributed by atoms with Crippen LogP contribution >= 0.6 is 0 Å². The van der Waals surface area contributed by atoms with Crippen molar-refractivity contribution in [1.29, 1.82) is 0 Å². The molecule has 0 heterocycles. The van der Waals surface area contributed by atoms with Gasteiger partial charge in [0.05, 0.1) is 5.69 Å². The second kappa shape index (κ2) is 17.9. The molecule has 0 radical (unpaired) electrons. The van der Waals surface area contributed by atoms with Gasteiger partial charge in [-0.05, 0) is 159 Å². The minimum atomic E-state index is 0.869. The summed E-state index contributed by atoms with van der Waals surface area (Å²) >= 11 is 0. The van der Waals surface area contributed by atoms with Gasteiger partial charge in [-0.25, -0.2) is 0 Å². The number of nitrogens with zero attached hydrogens (tertiary/aromatic N) is 1. The zero-order chi connectivity index (χ0) is 48.1. The van der Waals surface area contributed by atoms with E-state index < -0.39 is 0 Å². The summed E-state index contributed by atoms with van der Waals surface area (Å²) in [6.45, 7) is 6.80. The Morgan fingerprint density at radius 2 is 0.681 bits per heavy atom. The van der Waals surface area contributed by atoms with Crippen LogP contribution in [-0.2, 0) is 0 Å². The van der Waals surface area contributed by atoms with E-state index in [4.69, 9.17) is 6.58 Å². The molecule has 0 atom stereocenters. The Labute approximate surface area is 420 Å². The van der Waals surface area contributed by atoms with Gasteiger partial charge in [0.15, 0.2) is 0 Å². The third-order valence-electron chi connectivity index (χ3n) is 14.6. The average Bonchev–Trinajstić information content (AvgIpc) is 3.44. The summed E-state index contributed by atoms with van der Waals surface area (Å²) in [6.07, 6.45) is 8.31. The van der Waals surface area contributed by atoms with Crippen molar-refractivity contribution in [3.63, 3.8) is 0 Å². The van der Waals surface area contributed by atoms with E-state index in [1.54, 1.807) is 0 Å². The molecule has 13 aromatic carbocycles. The lowest BCUT2D eigenvalue weighted by atomic mass is 9.84. The first-order valence-corrected chi connectivity index (χ1v) is 24.9. The molecule has 1 heteroatoms. The Hall–Kier alpha value is -9.30. The summed E-state index contributed by atoms with van der Waals surface area (Å²) in [5.74, 6) is 0. The van der Waals surface area contributed by atoms with Crippen LogP contribution in [0.1, 0.15) is 6.92 Å². The first-order chi connectivity index (χ1) is 35.6. The molecule has 1 nitrogen and oxygen atoms in total. The Balaban J connectivity index is 1.00. The number of rotatable bonds is 9. The number of hydrogen-bond donors (Lipinski definition) is 0. The molecule has 0 aromatic heterocycles. The quantitative estimate of drug-likeness (QED) is 0.103. The molecule has 13 rings (SSSR count). The Morgan fingerprint density at radius 3 is 1.14 bits per heavy atom. The van der Waals surface area contributed by atoms with Crippen molar-refractivity contribution >= 4 is 86.8 Å². The minimum absolute atomic E-state index is 0.869. The highest BCUT2D eigenvalue weighted by atomic mass is 15.1. The second-order valence-corrected chi connectivity index (χ2v) is 18.8. The maximum Gasteiger partial charge on any atom is 0.0618 e. The molecule has 0 bridgehead atoms. The summed E-state index contributed by atoms with van der Waals surface area (Å²) < 4.78 is 0. The van der Waals surface area contributed by atoms with E-state index in [0.29, 0.717) is 0 Å². The zero-order valence-corrected chi connectivity index (χ0v) is 40.1. The van der Waals surface area contributed by atoms with Gasteiger partial charge in [-0.3, -0.25) is 0 Å². The van der Waals surface area contributed by atoms with Crippen LogP contribution in [0.5, 0.6) is 0 Å². The summed E-state index contributed by atoms with van der Waals surface area (Å²) in [5.41, 5.74) is 12.7. The van der Waals surface area contributed by atoms with Crippen LogP contribution in [0.2, 0.25) is 0 Å². The van der Waals surface area contributed by atoms with Crippen LogP contribution < -0.4 is 4.90 Å². The fourth-order valence-electron chi connectivity index (χ4n) is 11.3. The van der Waals surface area contributed by atoms with Crippen molar-refractivity contribution in [3.8, 4) is 44.5 Å². The van der Waals surface area contributed by atoms with Gasteiger partial charge in [0.2, 0.25) is 0 Å². The Morgan fingerprint density at radius 1 is 0.319 bits per heavy atom. The van der Waals surface area contributed by atoms with Crippen molar-refractivity contribution in [2.75, 3.05) is 4.90 Å². The molecule has 72 heavy (non-hydrogen) atoms. The maximum atomic E-state index is 4.76. The smallest absolute Gasteiger partial charge is 0.0618 e. The van der Waals surface area contributed by atoms with Gasteiger partial charge in [0.1, 0.15) is 0 Å². The van der Waals surface area contributed by atoms with Crippen LogP contribution in [0.3, 0.4) is 0 Å². The normalized spacial score (nSPS) is 11.9. The van der Waals surface area contributed by atoms with Crippen molar-refractivity contribution in [2.24, 2.45) is 0 Å². The molecule has 338 valence electrons. The van der Waals surface area contributed by atoms with E-state index in [1.165, 1.54) is 98.0 Å². The van der Waals surface area contributed by atoms with E-state index in [-0.39, 0.29) is 0 Å². The van der Waals surface area contributed by atoms with Crippen LogP contribution in [0, 0.1) is 0 Å². The number of fused-ring (bicyclic) bond motifs is 7. The van der Waals surface area contributed by atoms with Gasteiger partial charge in [-0.2, -0.15) is 0 Å². The van der Waals surface area contributed by atoms with E-state index in [2.05, 4.69) is 272 Å². The topological polar surface area (TPSA) is 3.24 Å². The van der Waals surface area contributed by atoms with Gasteiger partial charge < -0.3 is 4.90 Å². The lowest BCUT2D eigenvalue weighted by Crippen LogP contribution is -2.15. The zero-order valence-electron chi connectivity index (χ0n) is 40.1. The highest BCUT2D eigenvalue weighted by Gasteiger charge is 2.23. The van der Waals surface area contributed by atoms with Crippen LogP contribution in [0.4, 0.5) is 11.4 Å². The largest absolute Gasteiger partial charge is 0.310 e. The Bertz CT molecular complexity index is 4300. The molecule has 0 spiro atoms. The predicted molar refractivity (Wildman–Crippen MR) is 312 cm³/mol. The van der Waals surface area contributed by atoms with Crippen LogP contribution in [0.15, 0.2) is 279 Å². The molecule has 0 N–H and O–H groups in total. The van der Waals surface area contributed by atoms with E-state index in [9.17, 15) is 0 Å². The monoisotopic (exact) mass is 915 g/mol. The summed E-state index contributed by atoms with van der Waals surface area (Å²) in [5, 5.41) is 17.1. The SMILES string of the molecule is C=C(/C=C\C=C/C)N(c1ccc(-c2ccc3c(-c4ccc5ccccc5c4)c4ccccc4c(-c4ccc5ccccc5c4)c3c2)cc1)c1c2ccccc2c(-c2ccc3ccccc3c2)c2ccccc12. The molecule has 13 aromatic rings. The van der Waals surface area contributed by atoms with Crippen LogP contribution in [0.25, 0.3) is 120 Å². The molecular weight excluding hydrogens is 867 g/mol. The summed E-state index contributed by atoms with van der Waals surface area (Å²) in [6, 6.07) is 89.5. The minimum Gasteiger partial charge on any atom is -0.310 e. The molecular formula is C71H49N. The molecule has 0 amide bonds. The number of hydrogen-bond acceptors (Lipinski definition) is 1. The van der Waals surface area contributed by atoms with Crippen molar-refractivity contribution in [3.05, 3.63) is 279 Å². The lowest BCUT2D eigenvalue weighted by Gasteiger charge is -2.30. The predicted octanol–water partition coefficient (Wildman–Crippen LogP) is 20.2. The highest BCUT2D eigenvalue weighted by molar-refractivity contribution is 6.24. The fourth-order valence-corrected chi connectivity index (χ4v) is 11.3. The van der Waals surface area contributed by atoms with Crippen molar-refractivity contribution < 1.29 is 0 Å². The van der Waals surface area contributed by atoms with Crippen LogP contribution in [-0.4, -0.2) is 0 Å². The van der Waals surface area contributed by atoms with Gasteiger partial charge in [-0.15, -0.1) is 0 Å². The van der Waals surface area contributed by atoms with Crippen molar-refractivity contribution in [2.45, 2.75) is 6.92 Å². The molecule has 0 aliphatic rings. The molecule has 0 saturated heterocycles. The number of benzene rings is 13. The van der Waals surface area contributed by atoms with E-state index in [1.807, 2.05) is 6.92 Å². The standard InChI is InChI=1S/C71H49N/c1-3-4-5-18-47(2)72(71-65-29-16-14-27-62(65)69(63-28-15-17-30-66(63)71)57-35-32-49-20-7-10-23-53(49)44-57)59-40-37-51(38-41-59)55-39-42-64-67(46-55)70(58-36-33-50-21-8-11-24-54(50)45-58)61-26-13-12-25-60(61)68(64)56-34-31-48-19-6-9-22-52(48)43-56/h3-46H,2H2,1H3/b4-3-,18-5-. The lowest BCUT2D eigenvalue weighted by molar-refractivity contribution is 1.24. The molecule has 0 aliphatic heterocycles. The number of allylic oxidation sites excluding steroid dienone is 4. The molecule has 0 unspecified atom stereocenters. The molecule has 0 aliphatic carbocycles. The van der Waals surface area contributed by atoms with Gasteiger partial charge in [-0.1, -0.05) is 231 Å². The van der Waals surface area contributed by atoms with Crippen molar-refractivity contribution in [1.82, 2.24) is 0 Å². The van der Waals surface area contributed by atoms with Gasteiger partial charge in [0, 0.05) is 22.2 Å². The Kier molecular flexibility index (Phi) is 10.6. The summed E-state index contributed by atoms with van der Waals surface area (Å²) in [4.78, 5) is 2.35. The molecule has 0 saturated carbocycles. The van der Waals surface area contributed by atoms with E-state index >= 15 is 0 Å². The summed E-state index contributed by atoms with van der Waals surface area (Å²) in [7, 11) is 0. The third kappa shape index (κ3) is 7.34. The van der Waals surface area contributed by atoms with E-state index in [0.717, 1.165) is 39.0 Å². The van der Waals surface area contributed by atoms with Gasteiger partial charge in [0.25, 0.3) is 0 Å². The fraction of sp³-hybridized carbons (Fsp3) is 0.0141. The number of anilines is 2. The third-order valence-corrected chi connectivity index (χ3v) is 14.6. The second-order valence-electron chi connectivity index (χ2n) is 18.8. The molecule has 0 fully saturated rings. The first-order valence-electron chi connectivity index (χ1n) is 24.9. The first kappa shape index (κ1) is 42.8. The van der Waals surface area contributed by atoms with Gasteiger partial charge >= 0.3 is 0 Å². The highest BCUT2D eigenvalue weighted by Crippen LogP contribution is 2.49. The maximum absolute atomic E-state index is 4.76.